The molecular formula is C16H23ClN2O. The monoisotopic (exact) mass is 294 g/mol. The van der Waals surface area contributed by atoms with Gasteiger partial charge in [0.25, 0.3) is 5.91 Å². The van der Waals surface area contributed by atoms with Crippen LogP contribution in [0, 0.1) is 19.3 Å². The van der Waals surface area contributed by atoms with E-state index in [4.69, 9.17) is 0 Å². The average molecular weight is 295 g/mol. The molecule has 20 heavy (non-hydrogen) atoms. The van der Waals surface area contributed by atoms with Gasteiger partial charge in [-0.1, -0.05) is 6.07 Å². The number of hydrogen-bond donors (Lipinski definition) is 1. The number of rotatable bonds is 1. The van der Waals surface area contributed by atoms with Crippen LogP contribution in [0.4, 0.5) is 0 Å². The van der Waals surface area contributed by atoms with Crippen molar-refractivity contribution in [1.82, 2.24) is 10.2 Å². The average Bonchev–Trinajstić information content (AvgIpc) is 3.03. The van der Waals surface area contributed by atoms with Gasteiger partial charge in [-0.25, -0.2) is 0 Å². The van der Waals surface area contributed by atoms with Gasteiger partial charge in [-0.3, -0.25) is 4.79 Å². The van der Waals surface area contributed by atoms with E-state index in [1.165, 1.54) is 17.5 Å². The number of carbonyl (C=O) groups excluding carboxylic acids is 1. The summed E-state index contributed by atoms with van der Waals surface area (Å²) in [6.07, 6.45) is 2.36. The summed E-state index contributed by atoms with van der Waals surface area (Å²) >= 11 is 0. The summed E-state index contributed by atoms with van der Waals surface area (Å²) in [6, 6.07) is 6.03. The second kappa shape index (κ2) is 5.74. The Bertz CT molecular complexity index is 509. The second-order valence-electron chi connectivity index (χ2n) is 6.20. The molecule has 0 radical (unpaired) electrons. The first-order valence-electron chi connectivity index (χ1n) is 7.17. The maximum Gasteiger partial charge on any atom is 0.253 e. The van der Waals surface area contributed by atoms with E-state index >= 15 is 0 Å². The Balaban J connectivity index is 0.00000147. The molecule has 1 spiro atoms. The zero-order chi connectivity index (χ0) is 13.5. The van der Waals surface area contributed by atoms with Crippen LogP contribution in [0.15, 0.2) is 18.2 Å². The molecule has 3 rings (SSSR count). The van der Waals surface area contributed by atoms with Gasteiger partial charge in [-0.2, -0.15) is 0 Å². The lowest BCUT2D eigenvalue weighted by Crippen LogP contribution is -2.33. The molecule has 3 nitrogen and oxygen atoms in total. The van der Waals surface area contributed by atoms with Crippen molar-refractivity contribution in [2.75, 3.05) is 26.2 Å². The highest BCUT2D eigenvalue weighted by Crippen LogP contribution is 2.36. The minimum atomic E-state index is 0. The largest absolute Gasteiger partial charge is 0.338 e. The summed E-state index contributed by atoms with van der Waals surface area (Å²) in [6.45, 7) is 8.16. The Labute approximate surface area is 127 Å². The van der Waals surface area contributed by atoms with Gasteiger partial charge in [-0.15, -0.1) is 12.4 Å². The van der Waals surface area contributed by atoms with Gasteiger partial charge < -0.3 is 10.2 Å². The number of nitrogens with zero attached hydrogens (tertiary/aromatic N) is 1. The quantitative estimate of drug-likeness (QED) is 0.863. The number of carbonyl (C=O) groups is 1. The highest BCUT2D eigenvalue weighted by atomic mass is 35.5. The van der Waals surface area contributed by atoms with Crippen LogP contribution in [0.3, 0.4) is 0 Å². The molecular weight excluding hydrogens is 272 g/mol. The molecule has 1 unspecified atom stereocenters. The van der Waals surface area contributed by atoms with Crippen molar-refractivity contribution in [3.63, 3.8) is 0 Å². The Kier molecular flexibility index (Phi) is 4.40. The van der Waals surface area contributed by atoms with Crippen LogP contribution in [-0.2, 0) is 0 Å². The summed E-state index contributed by atoms with van der Waals surface area (Å²) in [5.41, 5.74) is 3.64. The van der Waals surface area contributed by atoms with Crippen molar-refractivity contribution in [3.8, 4) is 0 Å². The van der Waals surface area contributed by atoms with Gasteiger partial charge in [0.1, 0.15) is 0 Å². The molecule has 2 saturated heterocycles. The van der Waals surface area contributed by atoms with Crippen LogP contribution in [0.5, 0.6) is 0 Å². The molecule has 2 fully saturated rings. The van der Waals surface area contributed by atoms with Gasteiger partial charge >= 0.3 is 0 Å². The van der Waals surface area contributed by atoms with Gasteiger partial charge in [0.05, 0.1) is 0 Å². The van der Waals surface area contributed by atoms with Crippen molar-refractivity contribution < 1.29 is 4.79 Å². The molecule has 110 valence electrons. The van der Waals surface area contributed by atoms with Gasteiger partial charge in [0.2, 0.25) is 0 Å². The van der Waals surface area contributed by atoms with E-state index in [1.807, 2.05) is 23.1 Å². The molecule has 1 atom stereocenters. The van der Waals surface area contributed by atoms with Crippen LogP contribution >= 0.6 is 12.4 Å². The lowest BCUT2D eigenvalue weighted by Gasteiger charge is -2.23. The summed E-state index contributed by atoms with van der Waals surface area (Å²) in [5, 5.41) is 3.43. The van der Waals surface area contributed by atoms with E-state index in [9.17, 15) is 4.79 Å². The molecule has 2 heterocycles. The van der Waals surface area contributed by atoms with Crippen LogP contribution in [0.1, 0.15) is 34.3 Å². The van der Waals surface area contributed by atoms with Crippen LogP contribution in [0.2, 0.25) is 0 Å². The first kappa shape index (κ1) is 15.3. The van der Waals surface area contributed by atoms with Crippen molar-refractivity contribution in [2.24, 2.45) is 5.41 Å². The fourth-order valence-electron chi connectivity index (χ4n) is 3.31. The molecule has 2 aliphatic heterocycles. The first-order valence-corrected chi connectivity index (χ1v) is 7.17. The van der Waals surface area contributed by atoms with Crippen molar-refractivity contribution in [2.45, 2.75) is 26.7 Å². The van der Waals surface area contributed by atoms with E-state index in [-0.39, 0.29) is 18.3 Å². The van der Waals surface area contributed by atoms with Gasteiger partial charge in [-0.05, 0) is 56.5 Å². The Morgan fingerprint density at radius 2 is 2.05 bits per heavy atom. The lowest BCUT2D eigenvalue weighted by molar-refractivity contribution is 0.0775. The second-order valence-corrected chi connectivity index (χ2v) is 6.20. The Hall–Kier alpha value is -1.06. The van der Waals surface area contributed by atoms with Crippen molar-refractivity contribution in [3.05, 3.63) is 34.9 Å². The number of aryl methyl sites for hydroxylation is 2. The topological polar surface area (TPSA) is 32.3 Å². The Morgan fingerprint density at radius 3 is 2.70 bits per heavy atom. The Morgan fingerprint density at radius 1 is 1.25 bits per heavy atom. The third-order valence-corrected chi connectivity index (χ3v) is 4.81. The highest BCUT2D eigenvalue weighted by molar-refractivity contribution is 5.94. The molecule has 1 aromatic rings. The maximum atomic E-state index is 12.6. The molecule has 0 aromatic heterocycles. The molecule has 4 heteroatoms. The smallest absolute Gasteiger partial charge is 0.253 e. The fourth-order valence-corrected chi connectivity index (χ4v) is 3.31. The van der Waals surface area contributed by atoms with Crippen LogP contribution in [0.25, 0.3) is 0 Å². The molecule has 0 bridgehead atoms. The third kappa shape index (κ3) is 2.70. The number of hydrogen-bond acceptors (Lipinski definition) is 2. The zero-order valence-electron chi connectivity index (χ0n) is 12.2. The van der Waals surface area contributed by atoms with Gasteiger partial charge in [0, 0.05) is 30.6 Å². The number of amides is 1. The van der Waals surface area contributed by atoms with Crippen LogP contribution in [-0.4, -0.2) is 37.0 Å². The zero-order valence-corrected chi connectivity index (χ0v) is 13.1. The van der Waals surface area contributed by atoms with Crippen molar-refractivity contribution in [1.29, 1.82) is 0 Å². The third-order valence-electron chi connectivity index (χ3n) is 4.81. The lowest BCUT2D eigenvalue weighted by atomic mass is 9.86. The molecule has 0 saturated carbocycles. The fraction of sp³-hybridized carbons (Fsp3) is 0.562. The van der Waals surface area contributed by atoms with E-state index in [0.717, 1.165) is 38.2 Å². The summed E-state index contributed by atoms with van der Waals surface area (Å²) in [5.74, 6) is 0.201. The predicted molar refractivity (Wildman–Crippen MR) is 83.6 cm³/mol. The minimum Gasteiger partial charge on any atom is -0.338 e. The summed E-state index contributed by atoms with van der Waals surface area (Å²) in [4.78, 5) is 14.6. The first-order chi connectivity index (χ1) is 9.10. The molecule has 1 aromatic carbocycles. The normalized spacial score (nSPS) is 25.0. The minimum absolute atomic E-state index is 0. The SMILES string of the molecule is Cc1ccc(C(=O)N2CCC3(CCNC3)C2)cc1C.Cl. The number of likely N-dealkylation sites (tertiary alicyclic amines) is 1. The van der Waals surface area contributed by atoms with Crippen LogP contribution < -0.4 is 5.32 Å². The number of benzene rings is 1. The molecule has 2 aliphatic rings. The predicted octanol–water partition coefficient (Wildman–Crippen LogP) is 2.55. The van der Waals surface area contributed by atoms with Gasteiger partial charge in [0.15, 0.2) is 0 Å². The van der Waals surface area contributed by atoms with E-state index in [2.05, 4.69) is 19.2 Å². The standard InChI is InChI=1S/C16H22N2O.ClH/c1-12-3-4-14(9-13(12)2)15(19)18-8-6-16(11-18)5-7-17-10-16;/h3-4,9,17H,5-8,10-11H2,1-2H3;1H. The summed E-state index contributed by atoms with van der Waals surface area (Å²) in [7, 11) is 0. The maximum absolute atomic E-state index is 12.6. The van der Waals surface area contributed by atoms with E-state index in [0.29, 0.717) is 5.41 Å². The number of halogens is 1. The molecule has 0 aliphatic carbocycles. The highest BCUT2D eigenvalue weighted by Gasteiger charge is 2.41. The molecule has 1 N–H and O–H groups in total. The summed E-state index contributed by atoms with van der Waals surface area (Å²) < 4.78 is 0. The van der Waals surface area contributed by atoms with E-state index < -0.39 is 0 Å². The van der Waals surface area contributed by atoms with E-state index in [1.54, 1.807) is 0 Å². The molecule has 1 amide bonds. The van der Waals surface area contributed by atoms with Crippen molar-refractivity contribution >= 4 is 18.3 Å². The number of nitrogens with one attached hydrogen (secondary N) is 1.